The van der Waals surface area contributed by atoms with Crippen LogP contribution in [0, 0.1) is 11.3 Å². The van der Waals surface area contributed by atoms with Gasteiger partial charge in [0.25, 0.3) is 5.91 Å². The van der Waals surface area contributed by atoms with E-state index < -0.39 is 0 Å². The van der Waals surface area contributed by atoms with Crippen molar-refractivity contribution in [1.29, 1.82) is 0 Å². The summed E-state index contributed by atoms with van der Waals surface area (Å²) in [7, 11) is 1.79. The summed E-state index contributed by atoms with van der Waals surface area (Å²) in [6.45, 7) is 5.16. The Morgan fingerprint density at radius 3 is 2.82 bits per heavy atom. The van der Waals surface area contributed by atoms with Gasteiger partial charge in [0.05, 0.1) is 0 Å². The fraction of sp³-hybridized carbons (Fsp3) is 0.412. The fourth-order valence-corrected chi connectivity index (χ4v) is 2.67. The van der Waals surface area contributed by atoms with Crippen LogP contribution < -0.4 is 0 Å². The van der Waals surface area contributed by atoms with Crippen LogP contribution in [0.25, 0.3) is 11.3 Å². The van der Waals surface area contributed by atoms with E-state index in [2.05, 4.69) is 19.0 Å². The van der Waals surface area contributed by atoms with Crippen LogP contribution in [-0.4, -0.2) is 34.7 Å². The second kappa shape index (κ2) is 5.16. The SMILES string of the molecule is CN(CC1CC1(C)C)C(=O)c1cc(-c2cccc(O)c2)on1. The molecule has 1 heterocycles. The molecule has 1 aromatic carbocycles. The van der Waals surface area contributed by atoms with E-state index in [0.29, 0.717) is 28.4 Å². The maximum Gasteiger partial charge on any atom is 0.275 e. The lowest BCUT2D eigenvalue weighted by molar-refractivity contribution is 0.0774. The summed E-state index contributed by atoms with van der Waals surface area (Å²) in [6, 6.07) is 8.29. The van der Waals surface area contributed by atoms with Crippen molar-refractivity contribution in [1.82, 2.24) is 10.1 Å². The zero-order valence-corrected chi connectivity index (χ0v) is 13.0. The van der Waals surface area contributed by atoms with E-state index in [1.807, 2.05) is 0 Å². The van der Waals surface area contributed by atoms with Crippen molar-refractivity contribution in [2.45, 2.75) is 20.3 Å². The molecule has 22 heavy (non-hydrogen) atoms. The smallest absolute Gasteiger partial charge is 0.275 e. The second-order valence-electron chi connectivity index (χ2n) is 6.70. The molecule has 116 valence electrons. The molecule has 1 atom stereocenters. The van der Waals surface area contributed by atoms with Crippen molar-refractivity contribution in [2.24, 2.45) is 11.3 Å². The molecule has 1 aliphatic carbocycles. The Bertz CT molecular complexity index is 705. The Balaban J connectivity index is 1.71. The number of hydrogen-bond donors (Lipinski definition) is 1. The molecule has 5 nitrogen and oxygen atoms in total. The lowest BCUT2D eigenvalue weighted by Crippen LogP contribution is -2.29. The summed E-state index contributed by atoms with van der Waals surface area (Å²) in [5.74, 6) is 1.03. The predicted octanol–water partition coefficient (Wildman–Crippen LogP) is 3.17. The van der Waals surface area contributed by atoms with Gasteiger partial charge in [0.1, 0.15) is 5.75 Å². The summed E-state index contributed by atoms with van der Waals surface area (Å²) >= 11 is 0. The number of carbonyl (C=O) groups is 1. The highest BCUT2D eigenvalue weighted by molar-refractivity contribution is 5.93. The first-order chi connectivity index (χ1) is 10.4. The molecule has 1 aromatic heterocycles. The topological polar surface area (TPSA) is 66.6 Å². The highest BCUT2D eigenvalue weighted by atomic mass is 16.5. The molecule has 1 unspecified atom stereocenters. The van der Waals surface area contributed by atoms with E-state index in [4.69, 9.17) is 4.52 Å². The maximum atomic E-state index is 12.4. The average molecular weight is 300 g/mol. The van der Waals surface area contributed by atoms with Crippen molar-refractivity contribution in [3.8, 4) is 17.1 Å². The molecule has 0 spiro atoms. The Morgan fingerprint density at radius 2 is 2.18 bits per heavy atom. The molecule has 1 aliphatic rings. The quantitative estimate of drug-likeness (QED) is 0.942. The summed E-state index contributed by atoms with van der Waals surface area (Å²) in [4.78, 5) is 14.1. The number of phenols is 1. The van der Waals surface area contributed by atoms with Crippen LogP contribution >= 0.6 is 0 Å². The Hall–Kier alpha value is -2.30. The number of aromatic nitrogens is 1. The molecule has 1 fully saturated rings. The fourth-order valence-electron chi connectivity index (χ4n) is 2.67. The van der Waals surface area contributed by atoms with Crippen LogP contribution in [0.15, 0.2) is 34.9 Å². The Morgan fingerprint density at radius 1 is 1.45 bits per heavy atom. The molecule has 3 rings (SSSR count). The first-order valence-corrected chi connectivity index (χ1v) is 7.38. The van der Waals surface area contributed by atoms with Gasteiger partial charge < -0.3 is 14.5 Å². The molecule has 2 aromatic rings. The minimum atomic E-state index is -0.141. The van der Waals surface area contributed by atoms with Crippen LogP contribution in [0.4, 0.5) is 0 Å². The van der Waals surface area contributed by atoms with Crippen molar-refractivity contribution >= 4 is 5.91 Å². The Labute approximate surface area is 129 Å². The molecule has 0 aliphatic heterocycles. The van der Waals surface area contributed by atoms with Crippen molar-refractivity contribution < 1.29 is 14.4 Å². The minimum Gasteiger partial charge on any atom is -0.508 e. The summed E-state index contributed by atoms with van der Waals surface area (Å²) in [5.41, 5.74) is 1.32. The monoisotopic (exact) mass is 300 g/mol. The normalized spacial score (nSPS) is 19.0. The molecule has 0 radical (unpaired) electrons. The summed E-state index contributed by atoms with van der Waals surface area (Å²) in [5, 5.41) is 13.4. The molecule has 1 saturated carbocycles. The first kappa shape index (κ1) is 14.6. The number of amides is 1. The lowest BCUT2D eigenvalue weighted by Gasteiger charge is -2.16. The Kier molecular flexibility index (Phi) is 3.43. The van der Waals surface area contributed by atoms with E-state index in [9.17, 15) is 9.90 Å². The molecule has 1 amide bonds. The van der Waals surface area contributed by atoms with Gasteiger partial charge in [0, 0.05) is 25.2 Å². The van der Waals surface area contributed by atoms with E-state index in [0.717, 1.165) is 13.0 Å². The zero-order chi connectivity index (χ0) is 15.9. The van der Waals surface area contributed by atoms with Gasteiger partial charge in [-0.05, 0) is 29.9 Å². The van der Waals surface area contributed by atoms with Gasteiger partial charge in [0.15, 0.2) is 11.5 Å². The first-order valence-electron chi connectivity index (χ1n) is 7.38. The third-order valence-electron chi connectivity index (χ3n) is 4.42. The number of hydrogen-bond acceptors (Lipinski definition) is 4. The van der Waals surface area contributed by atoms with Gasteiger partial charge in [-0.25, -0.2) is 0 Å². The number of carbonyl (C=O) groups excluding carboxylic acids is 1. The van der Waals surface area contributed by atoms with Gasteiger partial charge in [-0.3, -0.25) is 4.79 Å². The average Bonchev–Trinajstić information content (AvgIpc) is 2.90. The van der Waals surface area contributed by atoms with Crippen molar-refractivity contribution in [3.05, 3.63) is 36.0 Å². The van der Waals surface area contributed by atoms with Crippen LogP contribution in [0.2, 0.25) is 0 Å². The molecular formula is C17H20N2O3. The van der Waals surface area contributed by atoms with Crippen LogP contribution in [0.5, 0.6) is 5.75 Å². The number of phenolic OH excluding ortho intramolecular Hbond substituents is 1. The van der Waals surface area contributed by atoms with Crippen LogP contribution in [0.3, 0.4) is 0 Å². The third-order valence-corrected chi connectivity index (χ3v) is 4.42. The predicted molar refractivity (Wildman–Crippen MR) is 82.5 cm³/mol. The van der Waals surface area contributed by atoms with E-state index in [-0.39, 0.29) is 11.7 Å². The van der Waals surface area contributed by atoms with Gasteiger partial charge in [0.2, 0.25) is 0 Å². The summed E-state index contributed by atoms with van der Waals surface area (Å²) < 4.78 is 5.23. The lowest BCUT2D eigenvalue weighted by atomic mass is 10.1. The second-order valence-corrected chi connectivity index (χ2v) is 6.70. The molecular weight excluding hydrogens is 280 g/mol. The van der Waals surface area contributed by atoms with Crippen molar-refractivity contribution in [3.63, 3.8) is 0 Å². The number of nitrogens with zero attached hydrogens (tertiary/aromatic N) is 2. The van der Waals surface area contributed by atoms with Gasteiger partial charge in [-0.15, -0.1) is 0 Å². The molecule has 5 heteroatoms. The zero-order valence-electron chi connectivity index (χ0n) is 13.0. The third kappa shape index (κ3) is 2.84. The maximum absolute atomic E-state index is 12.4. The van der Waals surface area contributed by atoms with Gasteiger partial charge >= 0.3 is 0 Å². The standard InChI is InChI=1S/C17H20N2O3/c1-17(2)9-12(17)10-19(3)16(21)14-8-15(22-18-14)11-5-4-6-13(20)7-11/h4-8,12,20H,9-10H2,1-3H3. The minimum absolute atomic E-state index is 0.141. The number of benzene rings is 1. The van der Waals surface area contributed by atoms with Gasteiger partial charge in [-0.2, -0.15) is 0 Å². The van der Waals surface area contributed by atoms with E-state index >= 15 is 0 Å². The van der Waals surface area contributed by atoms with Crippen LogP contribution in [-0.2, 0) is 0 Å². The van der Waals surface area contributed by atoms with Crippen LogP contribution in [0.1, 0.15) is 30.8 Å². The van der Waals surface area contributed by atoms with Crippen molar-refractivity contribution in [2.75, 3.05) is 13.6 Å². The highest BCUT2D eigenvalue weighted by Gasteiger charge is 2.46. The molecule has 0 bridgehead atoms. The van der Waals surface area contributed by atoms with E-state index in [1.54, 1.807) is 42.3 Å². The largest absolute Gasteiger partial charge is 0.508 e. The number of aromatic hydroxyl groups is 1. The van der Waals surface area contributed by atoms with E-state index in [1.165, 1.54) is 0 Å². The number of rotatable bonds is 4. The van der Waals surface area contributed by atoms with Gasteiger partial charge in [-0.1, -0.05) is 31.1 Å². The molecule has 0 saturated heterocycles. The summed E-state index contributed by atoms with van der Waals surface area (Å²) in [6.07, 6.45) is 1.15. The highest BCUT2D eigenvalue weighted by Crippen LogP contribution is 2.51. The molecule has 1 N–H and O–H groups in total.